The van der Waals surface area contributed by atoms with Crippen molar-refractivity contribution in [2.75, 3.05) is 7.11 Å². The molecule has 106 valence electrons. The summed E-state index contributed by atoms with van der Waals surface area (Å²) in [5.74, 6) is -0.343. The Kier molecular flexibility index (Phi) is 5.53. The predicted octanol–water partition coefficient (Wildman–Crippen LogP) is 4.13. The van der Waals surface area contributed by atoms with Gasteiger partial charge in [0.2, 0.25) is 0 Å². The van der Waals surface area contributed by atoms with E-state index in [1.54, 1.807) is 6.08 Å². The van der Waals surface area contributed by atoms with E-state index in [9.17, 15) is 4.79 Å². The van der Waals surface area contributed by atoms with Crippen LogP contribution in [0.1, 0.15) is 16.7 Å². The van der Waals surface area contributed by atoms with E-state index in [2.05, 4.69) is 35.1 Å². The third-order valence-electron chi connectivity index (χ3n) is 3.10. The van der Waals surface area contributed by atoms with Crippen molar-refractivity contribution < 1.29 is 9.53 Å². The van der Waals surface area contributed by atoms with E-state index in [4.69, 9.17) is 0 Å². The van der Waals surface area contributed by atoms with Gasteiger partial charge in [-0.2, -0.15) is 0 Å². The lowest BCUT2D eigenvalue weighted by molar-refractivity contribution is -0.134. The maximum absolute atomic E-state index is 11.2. The fraction of sp³-hybridized carbons (Fsp3) is 0.105. The van der Waals surface area contributed by atoms with E-state index in [1.165, 1.54) is 24.3 Å². The Morgan fingerprint density at radius 2 is 1.71 bits per heavy atom. The number of carbonyl (C=O) groups is 1. The van der Waals surface area contributed by atoms with Gasteiger partial charge in [0.1, 0.15) is 0 Å². The monoisotopic (exact) mass is 278 g/mol. The van der Waals surface area contributed by atoms with Crippen molar-refractivity contribution in [3.63, 3.8) is 0 Å². The van der Waals surface area contributed by atoms with Gasteiger partial charge in [0.05, 0.1) is 7.11 Å². The molecule has 2 aromatic carbocycles. The molecule has 2 aromatic rings. The summed E-state index contributed by atoms with van der Waals surface area (Å²) in [6.45, 7) is 0. The molecule has 0 amide bonds. The minimum Gasteiger partial charge on any atom is -0.466 e. The van der Waals surface area contributed by atoms with Crippen LogP contribution in [0, 0.1) is 0 Å². The highest BCUT2D eigenvalue weighted by Crippen LogP contribution is 2.13. The second-order valence-electron chi connectivity index (χ2n) is 4.57. The number of benzene rings is 2. The van der Waals surface area contributed by atoms with Crippen molar-refractivity contribution in [1.82, 2.24) is 0 Å². The maximum atomic E-state index is 11.2. The molecular formula is C19H18O2. The fourth-order valence-electron chi connectivity index (χ4n) is 1.99. The molecule has 0 radical (unpaired) electrons. The summed E-state index contributed by atoms with van der Waals surface area (Å²) in [6.07, 6.45) is 8.27. The van der Waals surface area contributed by atoms with Gasteiger partial charge in [-0.25, -0.2) is 4.79 Å². The molecule has 2 rings (SSSR count). The van der Waals surface area contributed by atoms with Crippen LogP contribution in [-0.2, 0) is 16.0 Å². The molecule has 0 aliphatic heterocycles. The number of hydrogen-bond acceptors (Lipinski definition) is 2. The molecule has 0 saturated heterocycles. The number of methoxy groups -OCH3 is 1. The molecule has 0 spiro atoms. The van der Waals surface area contributed by atoms with Crippen molar-refractivity contribution in [2.24, 2.45) is 0 Å². The third kappa shape index (κ3) is 4.77. The largest absolute Gasteiger partial charge is 0.466 e. The number of carbonyl (C=O) groups excluding carboxylic acids is 1. The van der Waals surface area contributed by atoms with Gasteiger partial charge in [-0.1, -0.05) is 66.7 Å². The van der Waals surface area contributed by atoms with E-state index in [0.29, 0.717) is 0 Å². The summed E-state index contributed by atoms with van der Waals surface area (Å²) in [7, 11) is 1.38. The molecule has 0 aliphatic rings. The quantitative estimate of drug-likeness (QED) is 0.607. The molecular weight excluding hydrogens is 260 g/mol. The van der Waals surface area contributed by atoms with Gasteiger partial charge < -0.3 is 4.74 Å². The van der Waals surface area contributed by atoms with Gasteiger partial charge in [-0.15, -0.1) is 0 Å². The zero-order valence-corrected chi connectivity index (χ0v) is 12.0. The van der Waals surface area contributed by atoms with Crippen molar-refractivity contribution in [3.05, 3.63) is 83.4 Å². The number of rotatable bonds is 5. The minimum absolute atomic E-state index is 0.343. The molecule has 0 bridgehead atoms. The predicted molar refractivity (Wildman–Crippen MR) is 86.7 cm³/mol. The van der Waals surface area contributed by atoms with Gasteiger partial charge >= 0.3 is 5.97 Å². The van der Waals surface area contributed by atoms with Crippen LogP contribution in [0.25, 0.3) is 12.2 Å². The highest BCUT2D eigenvalue weighted by atomic mass is 16.5. The first-order chi connectivity index (χ1) is 10.3. The van der Waals surface area contributed by atoms with Crippen LogP contribution >= 0.6 is 0 Å². The first-order valence-corrected chi connectivity index (χ1v) is 6.85. The van der Waals surface area contributed by atoms with Gasteiger partial charge in [0.15, 0.2) is 0 Å². The molecule has 0 fully saturated rings. The lowest BCUT2D eigenvalue weighted by Crippen LogP contribution is -1.94. The number of allylic oxidation sites excluding steroid dienone is 1. The van der Waals surface area contributed by atoms with Crippen molar-refractivity contribution >= 4 is 18.1 Å². The molecule has 2 nitrogen and oxygen atoms in total. The second kappa shape index (κ2) is 7.85. The van der Waals surface area contributed by atoms with Gasteiger partial charge in [-0.05, 0) is 29.2 Å². The zero-order valence-electron chi connectivity index (χ0n) is 12.0. The van der Waals surface area contributed by atoms with Gasteiger partial charge in [-0.3, -0.25) is 0 Å². The molecule has 0 saturated carbocycles. The summed E-state index contributed by atoms with van der Waals surface area (Å²) in [6, 6.07) is 18.2. The van der Waals surface area contributed by atoms with Crippen molar-refractivity contribution in [3.8, 4) is 0 Å². The number of hydrogen-bond donors (Lipinski definition) is 0. The Bertz CT molecular complexity index is 640. The van der Waals surface area contributed by atoms with E-state index in [1.807, 2.05) is 36.4 Å². The Morgan fingerprint density at radius 3 is 2.48 bits per heavy atom. The van der Waals surface area contributed by atoms with Crippen LogP contribution in [0.15, 0.2) is 66.7 Å². The summed E-state index contributed by atoms with van der Waals surface area (Å²) in [5, 5.41) is 0. The van der Waals surface area contributed by atoms with E-state index >= 15 is 0 Å². The topological polar surface area (TPSA) is 26.3 Å². The first-order valence-electron chi connectivity index (χ1n) is 6.85. The van der Waals surface area contributed by atoms with Crippen LogP contribution in [0.5, 0.6) is 0 Å². The normalized spacial score (nSPS) is 11.1. The second-order valence-corrected chi connectivity index (χ2v) is 4.57. The summed E-state index contributed by atoms with van der Waals surface area (Å²) < 4.78 is 4.61. The third-order valence-corrected chi connectivity index (χ3v) is 3.10. The van der Waals surface area contributed by atoms with Crippen LogP contribution in [0.2, 0.25) is 0 Å². The summed E-state index contributed by atoms with van der Waals surface area (Å²) in [4.78, 5) is 11.2. The van der Waals surface area contributed by atoms with Gasteiger partial charge in [0.25, 0.3) is 0 Å². The SMILES string of the molecule is COC(=O)/C=C/c1ccccc1C/C=C/c1ccccc1. The summed E-state index contributed by atoms with van der Waals surface area (Å²) >= 11 is 0. The molecule has 0 N–H and O–H groups in total. The number of esters is 1. The van der Waals surface area contributed by atoms with Crippen LogP contribution in [-0.4, -0.2) is 13.1 Å². The first kappa shape index (κ1) is 14.8. The van der Waals surface area contributed by atoms with Crippen molar-refractivity contribution in [2.45, 2.75) is 6.42 Å². The van der Waals surface area contributed by atoms with E-state index in [0.717, 1.165) is 12.0 Å². The van der Waals surface area contributed by atoms with Crippen LogP contribution in [0.3, 0.4) is 0 Å². The molecule has 2 heteroatoms. The smallest absolute Gasteiger partial charge is 0.330 e. The highest BCUT2D eigenvalue weighted by molar-refractivity contribution is 5.87. The Morgan fingerprint density at radius 1 is 1.00 bits per heavy atom. The lowest BCUT2D eigenvalue weighted by atomic mass is 10.0. The number of ether oxygens (including phenoxy) is 1. The molecule has 21 heavy (non-hydrogen) atoms. The maximum Gasteiger partial charge on any atom is 0.330 e. The lowest BCUT2D eigenvalue weighted by Gasteiger charge is -2.02. The standard InChI is InChI=1S/C19H18O2/c1-21-19(20)15-14-18-12-6-5-11-17(18)13-7-10-16-8-3-2-4-9-16/h2-12,14-15H,13H2,1H3/b10-7+,15-14+. The van der Waals surface area contributed by atoms with Gasteiger partial charge in [0, 0.05) is 6.08 Å². The highest BCUT2D eigenvalue weighted by Gasteiger charge is 1.98. The van der Waals surface area contributed by atoms with E-state index < -0.39 is 0 Å². The van der Waals surface area contributed by atoms with Crippen LogP contribution in [0.4, 0.5) is 0 Å². The van der Waals surface area contributed by atoms with E-state index in [-0.39, 0.29) is 5.97 Å². The minimum atomic E-state index is -0.343. The average molecular weight is 278 g/mol. The molecule has 0 unspecified atom stereocenters. The molecule has 0 aliphatic carbocycles. The Labute approximate surface area is 125 Å². The van der Waals surface area contributed by atoms with Crippen LogP contribution < -0.4 is 0 Å². The summed E-state index contributed by atoms with van der Waals surface area (Å²) in [5.41, 5.74) is 3.38. The van der Waals surface area contributed by atoms with Crippen molar-refractivity contribution in [1.29, 1.82) is 0 Å². The molecule has 0 atom stereocenters. The fourth-order valence-corrected chi connectivity index (χ4v) is 1.99. The molecule has 0 heterocycles. The Balaban J connectivity index is 2.08. The average Bonchev–Trinajstić information content (AvgIpc) is 2.54. The zero-order chi connectivity index (χ0) is 14.9. The molecule has 0 aromatic heterocycles. The Hall–Kier alpha value is -2.61.